The van der Waals surface area contributed by atoms with Crippen LogP contribution in [0.3, 0.4) is 0 Å². The van der Waals surface area contributed by atoms with Gasteiger partial charge in [0.1, 0.15) is 0 Å². The van der Waals surface area contributed by atoms with Gasteiger partial charge in [0.05, 0.1) is 17.6 Å². The Morgan fingerprint density at radius 3 is 2.42 bits per heavy atom. The van der Waals surface area contributed by atoms with Gasteiger partial charge in [-0.15, -0.1) is 0 Å². The lowest BCUT2D eigenvalue weighted by Crippen LogP contribution is -2.44. The van der Waals surface area contributed by atoms with Crippen LogP contribution in [-0.4, -0.2) is 58.0 Å². The summed E-state index contributed by atoms with van der Waals surface area (Å²) < 4.78 is 1.91. The molecule has 26 heavy (non-hydrogen) atoms. The van der Waals surface area contributed by atoms with E-state index < -0.39 is 0 Å². The molecule has 4 rings (SSSR count). The first kappa shape index (κ1) is 17.3. The molecule has 0 spiro atoms. The van der Waals surface area contributed by atoms with Gasteiger partial charge in [-0.05, 0) is 37.8 Å². The average Bonchev–Trinajstić information content (AvgIpc) is 2.83. The van der Waals surface area contributed by atoms with Crippen molar-refractivity contribution in [3.63, 3.8) is 0 Å². The van der Waals surface area contributed by atoms with E-state index in [1.807, 2.05) is 33.7 Å². The standard InChI is InChI=1S/C20H28N4O2/c25-19(23-11-5-1-2-6-12-23)15-22-13-9-16(10-14-22)24-18-8-4-3-7-17(18)21-20(24)26/h3-4,7-8,16H,1-2,5-6,9-15H2,(H,21,26). The van der Waals surface area contributed by atoms with Gasteiger partial charge in [0.25, 0.3) is 0 Å². The fourth-order valence-corrected chi connectivity index (χ4v) is 4.38. The first-order valence-electron chi connectivity index (χ1n) is 9.92. The monoisotopic (exact) mass is 356 g/mol. The molecule has 2 aliphatic rings. The Bertz CT molecular complexity index is 809. The number of fused-ring (bicyclic) bond motifs is 1. The zero-order chi connectivity index (χ0) is 17.9. The number of aromatic nitrogens is 2. The normalized spacial score (nSPS) is 20.4. The summed E-state index contributed by atoms with van der Waals surface area (Å²) >= 11 is 0. The predicted octanol–water partition coefficient (Wildman–Crippen LogP) is 2.37. The maximum Gasteiger partial charge on any atom is 0.326 e. The molecule has 6 heteroatoms. The Labute approximate surface area is 153 Å². The Morgan fingerprint density at radius 1 is 1.00 bits per heavy atom. The number of carbonyl (C=O) groups excluding carboxylic acids is 1. The molecule has 0 bridgehead atoms. The van der Waals surface area contributed by atoms with E-state index in [2.05, 4.69) is 9.88 Å². The molecular formula is C20H28N4O2. The molecule has 2 saturated heterocycles. The summed E-state index contributed by atoms with van der Waals surface area (Å²) in [6.45, 7) is 4.10. The molecule has 1 aromatic heterocycles. The van der Waals surface area contributed by atoms with Gasteiger partial charge < -0.3 is 9.88 Å². The van der Waals surface area contributed by atoms with Crippen LogP contribution in [0.25, 0.3) is 11.0 Å². The van der Waals surface area contributed by atoms with E-state index in [0.29, 0.717) is 6.54 Å². The summed E-state index contributed by atoms with van der Waals surface area (Å²) in [6.07, 6.45) is 6.59. The summed E-state index contributed by atoms with van der Waals surface area (Å²) in [5, 5.41) is 0. The van der Waals surface area contributed by atoms with Crippen molar-refractivity contribution in [2.75, 3.05) is 32.7 Å². The third-order valence-corrected chi connectivity index (χ3v) is 5.86. The molecule has 0 aliphatic carbocycles. The summed E-state index contributed by atoms with van der Waals surface area (Å²) in [5.74, 6) is 0.273. The van der Waals surface area contributed by atoms with Gasteiger partial charge in [-0.3, -0.25) is 14.3 Å². The quantitative estimate of drug-likeness (QED) is 0.918. The number of nitrogens with one attached hydrogen (secondary N) is 1. The molecule has 1 N–H and O–H groups in total. The highest BCUT2D eigenvalue weighted by molar-refractivity contribution is 5.78. The van der Waals surface area contributed by atoms with Gasteiger partial charge in [0.2, 0.25) is 5.91 Å². The van der Waals surface area contributed by atoms with Crippen LogP contribution >= 0.6 is 0 Å². The number of likely N-dealkylation sites (tertiary alicyclic amines) is 2. The van der Waals surface area contributed by atoms with Crippen molar-refractivity contribution in [1.82, 2.24) is 19.4 Å². The van der Waals surface area contributed by atoms with Crippen molar-refractivity contribution in [2.45, 2.75) is 44.6 Å². The molecule has 0 saturated carbocycles. The van der Waals surface area contributed by atoms with Crippen LogP contribution in [0.4, 0.5) is 0 Å². The lowest BCUT2D eigenvalue weighted by Gasteiger charge is -2.33. The lowest BCUT2D eigenvalue weighted by atomic mass is 10.0. The molecule has 0 unspecified atom stereocenters. The van der Waals surface area contributed by atoms with Gasteiger partial charge in [-0.25, -0.2) is 4.79 Å². The van der Waals surface area contributed by atoms with Crippen molar-refractivity contribution in [2.24, 2.45) is 0 Å². The number of hydrogen-bond acceptors (Lipinski definition) is 3. The van der Waals surface area contributed by atoms with Gasteiger partial charge in [0.15, 0.2) is 0 Å². The highest BCUT2D eigenvalue weighted by atomic mass is 16.2. The third kappa shape index (κ3) is 3.56. The summed E-state index contributed by atoms with van der Waals surface area (Å²) in [5.41, 5.74) is 1.86. The second-order valence-corrected chi connectivity index (χ2v) is 7.62. The van der Waals surface area contributed by atoms with Crippen LogP contribution in [0, 0.1) is 0 Å². The molecule has 2 fully saturated rings. The lowest BCUT2D eigenvalue weighted by molar-refractivity contribution is -0.132. The molecule has 3 heterocycles. The number of aromatic amines is 1. The number of H-pyrrole nitrogens is 1. The van der Waals surface area contributed by atoms with Crippen molar-refractivity contribution in [1.29, 1.82) is 0 Å². The van der Waals surface area contributed by atoms with Crippen LogP contribution in [0.1, 0.15) is 44.6 Å². The summed E-state index contributed by atoms with van der Waals surface area (Å²) in [4.78, 5) is 32.2. The number of imidazole rings is 1. The Morgan fingerprint density at radius 2 is 1.69 bits per heavy atom. The zero-order valence-corrected chi connectivity index (χ0v) is 15.3. The van der Waals surface area contributed by atoms with Crippen LogP contribution in [-0.2, 0) is 4.79 Å². The van der Waals surface area contributed by atoms with E-state index in [1.54, 1.807) is 0 Å². The van der Waals surface area contributed by atoms with Gasteiger partial charge >= 0.3 is 5.69 Å². The number of benzene rings is 1. The van der Waals surface area contributed by atoms with Crippen molar-refractivity contribution in [3.05, 3.63) is 34.7 Å². The molecule has 2 aliphatic heterocycles. The van der Waals surface area contributed by atoms with Crippen molar-refractivity contribution in [3.8, 4) is 0 Å². The van der Waals surface area contributed by atoms with Crippen LogP contribution < -0.4 is 5.69 Å². The van der Waals surface area contributed by atoms with E-state index in [0.717, 1.165) is 62.9 Å². The number of para-hydroxylation sites is 2. The maximum atomic E-state index is 12.6. The minimum Gasteiger partial charge on any atom is -0.342 e. The molecule has 2 aromatic rings. The zero-order valence-electron chi connectivity index (χ0n) is 15.3. The Hall–Kier alpha value is -2.08. The first-order chi connectivity index (χ1) is 12.7. The second kappa shape index (κ2) is 7.66. The summed E-state index contributed by atoms with van der Waals surface area (Å²) in [6, 6.07) is 8.08. The van der Waals surface area contributed by atoms with Gasteiger partial charge in [-0.2, -0.15) is 0 Å². The molecule has 6 nitrogen and oxygen atoms in total. The molecule has 0 radical (unpaired) electrons. The molecule has 0 atom stereocenters. The molecular weight excluding hydrogens is 328 g/mol. The van der Waals surface area contributed by atoms with E-state index >= 15 is 0 Å². The fraction of sp³-hybridized carbons (Fsp3) is 0.600. The minimum atomic E-state index is -0.0229. The van der Waals surface area contributed by atoms with Gasteiger partial charge in [-0.1, -0.05) is 25.0 Å². The van der Waals surface area contributed by atoms with E-state index in [4.69, 9.17) is 0 Å². The topological polar surface area (TPSA) is 61.3 Å². The van der Waals surface area contributed by atoms with Crippen molar-refractivity contribution >= 4 is 16.9 Å². The van der Waals surface area contributed by atoms with E-state index in [-0.39, 0.29) is 17.6 Å². The SMILES string of the molecule is O=C(CN1CCC(n2c(=O)[nH]c3ccccc32)CC1)N1CCCCCC1. The van der Waals surface area contributed by atoms with Crippen LogP contribution in [0.2, 0.25) is 0 Å². The Balaban J connectivity index is 1.37. The maximum absolute atomic E-state index is 12.6. The third-order valence-electron chi connectivity index (χ3n) is 5.86. The molecule has 140 valence electrons. The largest absolute Gasteiger partial charge is 0.342 e. The number of nitrogens with zero attached hydrogens (tertiary/aromatic N) is 3. The number of carbonyl (C=O) groups is 1. The van der Waals surface area contributed by atoms with Gasteiger partial charge in [0, 0.05) is 32.2 Å². The van der Waals surface area contributed by atoms with E-state index in [9.17, 15) is 9.59 Å². The first-order valence-corrected chi connectivity index (χ1v) is 9.92. The Kier molecular flexibility index (Phi) is 5.11. The highest BCUT2D eigenvalue weighted by Crippen LogP contribution is 2.24. The highest BCUT2D eigenvalue weighted by Gasteiger charge is 2.26. The minimum absolute atomic E-state index is 0.0229. The number of amides is 1. The predicted molar refractivity (Wildman–Crippen MR) is 102 cm³/mol. The number of rotatable bonds is 3. The molecule has 1 aromatic carbocycles. The smallest absolute Gasteiger partial charge is 0.326 e. The second-order valence-electron chi connectivity index (χ2n) is 7.62. The van der Waals surface area contributed by atoms with Crippen LogP contribution in [0.5, 0.6) is 0 Å². The number of hydrogen-bond donors (Lipinski definition) is 1. The summed E-state index contributed by atoms with van der Waals surface area (Å²) in [7, 11) is 0. The van der Waals surface area contributed by atoms with Crippen LogP contribution in [0.15, 0.2) is 29.1 Å². The van der Waals surface area contributed by atoms with Crippen molar-refractivity contribution < 1.29 is 4.79 Å². The number of piperidine rings is 1. The average molecular weight is 356 g/mol. The van der Waals surface area contributed by atoms with E-state index in [1.165, 1.54) is 12.8 Å². The fourth-order valence-electron chi connectivity index (χ4n) is 4.38. The molecule has 1 amide bonds.